The van der Waals surface area contributed by atoms with Crippen molar-refractivity contribution in [1.29, 1.82) is 0 Å². The van der Waals surface area contributed by atoms with Gasteiger partial charge in [0.05, 0.1) is 0 Å². The zero-order valence-electron chi connectivity index (χ0n) is 11.6. The quantitative estimate of drug-likeness (QED) is 0.845. The van der Waals surface area contributed by atoms with E-state index in [9.17, 15) is 4.39 Å². The SMILES string of the molecule is Cc1cc(F)ccc1OC1CN(Cc2ccccc2)C1. The van der Waals surface area contributed by atoms with Gasteiger partial charge in [-0.05, 0) is 36.2 Å². The number of rotatable bonds is 4. The first-order valence-electron chi connectivity index (χ1n) is 6.90. The van der Waals surface area contributed by atoms with E-state index in [0.717, 1.165) is 30.9 Å². The van der Waals surface area contributed by atoms with Gasteiger partial charge in [0.15, 0.2) is 0 Å². The minimum absolute atomic E-state index is 0.211. The summed E-state index contributed by atoms with van der Waals surface area (Å²) in [4.78, 5) is 2.35. The van der Waals surface area contributed by atoms with Gasteiger partial charge in [-0.3, -0.25) is 4.90 Å². The van der Waals surface area contributed by atoms with Crippen LogP contribution in [0.4, 0.5) is 4.39 Å². The lowest BCUT2D eigenvalue weighted by Crippen LogP contribution is -2.53. The molecule has 0 radical (unpaired) electrons. The summed E-state index contributed by atoms with van der Waals surface area (Å²) < 4.78 is 18.9. The molecular weight excluding hydrogens is 253 g/mol. The Morgan fingerprint density at radius 1 is 1.15 bits per heavy atom. The van der Waals surface area contributed by atoms with Crippen molar-refractivity contribution in [3.8, 4) is 5.75 Å². The molecule has 0 spiro atoms. The Balaban J connectivity index is 1.51. The summed E-state index contributed by atoms with van der Waals surface area (Å²) in [5.74, 6) is 0.574. The molecule has 1 saturated heterocycles. The summed E-state index contributed by atoms with van der Waals surface area (Å²) >= 11 is 0. The minimum atomic E-state index is -0.214. The highest BCUT2D eigenvalue weighted by Gasteiger charge is 2.28. The molecule has 20 heavy (non-hydrogen) atoms. The van der Waals surface area contributed by atoms with Gasteiger partial charge in [0.1, 0.15) is 17.7 Å². The zero-order chi connectivity index (χ0) is 13.9. The van der Waals surface area contributed by atoms with E-state index in [1.165, 1.54) is 17.7 Å². The second kappa shape index (κ2) is 5.63. The third kappa shape index (κ3) is 2.99. The first-order valence-corrected chi connectivity index (χ1v) is 6.90. The molecule has 1 aliphatic rings. The molecule has 2 aromatic rings. The molecule has 2 nitrogen and oxygen atoms in total. The lowest BCUT2D eigenvalue weighted by molar-refractivity contribution is 0.0141. The van der Waals surface area contributed by atoms with E-state index in [2.05, 4.69) is 29.2 Å². The molecule has 0 atom stereocenters. The standard InChI is InChI=1S/C17H18FNO/c1-13-9-15(18)7-8-17(13)20-16-11-19(12-16)10-14-5-3-2-4-6-14/h2-9,16H,10-12H2,1H3. The normalized spacial score (nSPS) is 15.9. The number of likely N-dealkylation sites (tertiary alicyclic amines) is 1. The molecule has 2 aromatic carbocycles. The van der Waals surface area contributed by atoms with E-state index < -0.39 is 0 Å². The van der Waals surface area contributed by atoms with Crippen LogP contribution in [0.1, 0.15) is 11.1 Å². The van der Waals surface area contributed by atoms with Crippen LogP contribution in [-0.4, -0.2) is 24.1 Å². The van der Waals surface area contributed by atoms with E-state index in [1.54, 1.807) is 6.07 Å². The summed E-state index contributed by atoms with van der Waals surface area (Å²) in [7, 11) is 0. The lowest BCUT2D eigenvalue weighted by Gasteiger charge is -2.39. The summed E-state index contributed by atoms with van der Waals surface area (Å²) in [5.41, 5.74) is 2.18. The highest BCUT2D eigenvalue weighted by Crippen LogP contribution is 2.23. The van der Waals surface area contributed by atoms with Crippen LogP contribution in [0.15, 0.2) is 48.5 Å². The molecule has 3 heteroatoms. The summed E-state index contributed by atoms with van der Waals surface area (Å²) in [6.45, 7) is 4.68. The molecule has 104 valence electrons. The fourth-order valence-electron chi connectivity index (χ4n) is 2.49. The summed E-state index contributed by atoms with van der Waals surface area (Å²) in [5, 5.41) is 0. The summed E-state index contributed by atoms with van der Waals surface area (Å²) in [6.07, 6.45) is 0.211. The van der Waals surface area contributed by atoms with Crippen molar-refractivity contribution >= 4 is 0 Å². The topological polar surface area (TPSA) is 12.5 Å². The van der Waals surface area contributed by atoms with Gasteiger partial charge in [0.25, 0.3) is 0 Å². The van der Waals surface area contributed by atoms with E-state index >= 15 is 0 Å². The van der Waals surface area contributed by atoms with Crippen LogP contribution in [0.5, 0.6) is 5.75 Å². The first-order chi connectivity index (χ1) is 9.70. The molecule has 0 aliphatic carbocycles. The Labute approximate surface area is 118 Å². The van der Waals surface area contributed by atoms with Gasteiger partial charge in [-0.1, -0.05) is 30.3 Å². The van der Waals surface area contributed by atoms with Crippen molar-refractivity contribution in [1.82, 2.24) is 4.90 Å². The number of ether oxygens (including phenoxy) is 1. The first kappa shape index (κ1) is 13.1. The number of benzene rings is 2. The van der Waals surface area contributed by atoms with Crippen molar-refractivity contribution in [2.24, 2.45) is 0 Å². The molecule has 1 heterocycles. The van der Waals surface area contributed by atoms with Crippen LogP contribution < -0.4 is 4.74 Å². The molecular formula is C17H18FNO. The predicted molar refractivity (Wildman–Crippen MR) is 77.3 cm³/mol. The van der Waals surface area contributed by atoms with Crippen LogP contribution in [0.3, 0.4) is 0 Å². The third-order valence-corrected chi connectivity index (χ3v) is 3.60. The summed E-state index contributed by atoms with van der Waals surface area (Å²) in [6, 6.07) is 15.1. The maximum atomic E-state index is 13.0. The Hall–Kier alpha value is -1.87. The smallest absolute Gasteiger partial charge is 0.124 e. The molecule has 0 amide bonds. The van der Waals surface area contributed by atoms with E-state index in [4.69, 9.17) is 4.74 Å². The van der Waals surface area contributed by atoms with Crippen molar-refractivity contribution in [3.63, 3.8) is 0 Å². The van der Waals surface area contributed by atoms with Crippen molar-refractivity contribution in [2.75, 3.05) is 13.1 Å². The largest absolute Gasteiger partial charge is 0.487 e. The highest BCUT2D eigenvalue weighted by molar-refractivity contribution is 5.33. The Bertz CT molecular complexity index is 579. The number of nitrogens with zero attached hydrogens (tertiary/aromatic N) is 1. The molecule has 0 unspecified atom stereocenters. The van der Waals surface area contributed by atoms with Gasteiger partial charge in [-0.2, -0.15) is 0 Å². The Morgan fingerprint density at radius 2 is 1.90 bits per heavy atom. The minimum Gasteiger partial charge on any atom is -0.487 e. The average Bonchev–Trinajstić information content (AvgIpc) is 2.40. The molecule has 1 fully saturated rings. The van der Waals surface area contributed by atoms with E-state index in [0.29, 0.717) is 0 Å². The van der Waals surface area contributed by atoms with Crippen LogP contribution in [0, 0.1) is 12.7 Å². The maximum absolute atomic E-state index is 13.0. The fraction of sp³-hybridized carbons (Fsp3) is 0.294. The molecule has 0 bridgehead atoms. The maximum Gasteiger partial charge on any atom is 0.124 e. The molecule has 0 saturated carbocycles. The number of hydrogen-bond acceptors (Lipinski definition) is 2. The van der Waals surface area contributed by atoms with Crippen molar-refractivity contribution in [3.05, 3.63) is 65.5 Å². The third-order valence-electron chi connectivity index (χ3n) is 3.60. The van der Waals surface area contributed by atoms with Crippen LogP contribution in [-0.2, 0) is 6.54 Å². The second-order valence-electron chi connectivity index (χ2n) is 5.33. The average molecular weight is 271 g/mol. The second-order valence-corrected chi connectivity index (χ2v) is 5.33. The fourth-order valence-corrected chi connectivity index (χ4v) is 2.49. The van der Waals surface area contributed by atoms with E-state index in [1.807, 2.05) is 13.0 Å². The van der Waals surface area contributed by atoms with Gasteiger partial charge in [0, 0.05) is 19.6 Å². The Morgan fingerprint density at radius 3 is 2.60 bits per heavy atom. The van der Waals surface area contributed by atoms with Gasteiger partial charge in [0.2, 0.25) is 0 Å². The molecule has 3 rings (SSSR count). The molecule has 1 aliphatic heterocycles. The van der Waals surface area contributed by atoms with Gasteiger partial charge >= 0.3 is 0 Å². The number of aryl methyl sites for hydroxylation is 1. The van der Waals surface area contributed by atoms with Crippen LogP contribution >= 0.6 is 0 Å². The number of halogens is 1. The highest BCUT2D eigenvalue weighted by atomic mass is 19.1. The van der Waals surface area contributed by atoms with Crippen molar-refractivity contribution < 1.29 is 9.13 Å². The zero-order valence-corrected chi connectivity index (χ0v) is 11.6. The Kier molecular flexibility index (Phi) is 3.70. The van der Waals surface area contributed by atoms with Crippen LogP contribution in [0.2, 0.25) is 0 Å². The predicted octanol–water partition coefficient (Wildman–Crippen LogP) is 3.40. The lowest BCUT2D eigenvalue weighted by atomic mass is 10.1. The van der Waals surface area contributed by atoms with Crippen LogP contribution in [0.25, 0.3) is 0 Å². The van der Waals surface area contributed by atoms with E-state index in [-0.39, 0.29) is 11.9 Å². The van der Waals surface area contributed by atoms with Crippen molar-refractivity contribution in [2.45, 2.75) is 19.6 Å². The number of hydrogen-bond donors (Lipinski definition) is 0. The molecule has 0 N–H and O–H groups in total. The van der Waals surface area contributed by atoms with Gasteiger partial charge in [-0.15, -0.1) is 0 Å². The van der Waals surface area contributed by atoms with Gasteiger partial charge < -0.3 is 4.74 Å². The molecule has 0 aromatic heterocycles. The van der Waals surface area contributed by atoms with Gasteiger partial charge in [-0.25, -0.2) is 4.39 Å². The monoisotopic (exact) mass is 271 g/mol.